The molecular formula is C21H18F3N7O3. The topological polar surface area (TPSA) is 120 Å². The van der Waals surface area contributed by atoms with Crippen LogP contribution in [0.1, 0.15) is 18.9 Å². The normalized spacial score (nSPS) is 14.9. The third-order valence-corrected chi connectivity index (χ3v) is 5.50. The molecule has 1 fully saturated rings. The fourth-order valence-electron chi connectivity index (χ4n) is 3.99. The van der Waals surface area contributed by atoms with Crippen LogP contribution in [0.15, 0.2) is 47.2 Å². The fourth-order valence-corrected chi connectivity index (χ4v) is 3.99. The van der Waals surface area contributed by atoms with Crippen LogP contribution in [-0.2, 0) is 9.63 Å². The quantitative estimate of drug-likeness (QED) is 0.420. The molecule has 3 aromatic heterocycles. The van der Waals surface area contributed by atoms with E-state index >= 15 is 0 Å². The minimum absolute atomic E-state index is 0.00344. The molecule has 4 heterocycles. The highest BCUT2D eigenvalue weighted by Crippen LogP contribution is 2.36. The lowest BCUT2D eigenvalue weighted by Crippen LogP contribution is -2.29. The van der Waals surface area contributed by atoms with Gasteiger partial charge in [0, 0.05) is 17.8 Å². The van der Waals surface area contributed by atoms with Gasteiger partial charge in [-0.3, -0.25) is 4.98 Å². The van der Waals surface area contributed by atoms with E-state index in [0.717, 1.165) is 37.0 Å². The lowest BCUT2D eigenvalue weighted by Gasteiger charge is -2.26. The Morgan fingerprint density at radius 1 is 1.12 bits per heavy atom. The molecule has 176 valence electrons. The summed E-state index contributed by atoms with van der Waals surface area (Å²) in [6, 6.07) is 11.3. The highest BCUT2D eigenvalue weighted by Gasteiger charge is 2.42. The van der Waals surface area contributed by atoms with Crippen molar-refractivity contribution in [1.29, 1.82) is 0 Å². The summed E-state index contributed by atoms with van der Waals surface area (Å²) in [6.07, 6.45) is -1.92. The molecular weight excluding hydrogens is 455 g/mol. The van der Waals surface area contributed by atoms with Crippen LogP contribution in [0.3, 0.4) is 0 Å². The number of carbonyl (C=O) groups is 1. The zero-order valence-electron chi connectivity index (χ0n) is 17.5. The second-order valence-electron chi connectivity index (χ2n) is 7.63. The lowest BCUT2D eigenvalue weighted by molar-refractivity contribution is -0.196. The Balaban J connectivity index is 1.63. The third kappa shape index (κ3) is 4.05. The highest BCUT2D eigenvalue weighted by molar-refractivity contribution is 5.92. The van der Waals surface area contributed by atoms with E-state index < -0.39 is 12.1 Å². The molecule has 10 nitrogen and oxygen atoms in total. The Morgan fingerprint density at radius 3 is 2.62 bits per heavy atom. The van der Waals surface area contributed by atoms with Gasteiger partial charge >= 0.3 is 12.1 Å². The summed E-state index contributed by atoms with van der Waals surface area (Å²) in [4.78, 5) is 24.5. The average Bonchev–Trinajstić information content (AvgIpc) is 3.47. The first-order chi connectivity index (χ1) is 16.4. The van der Waals surface area contributed by atoms with Gasteiger partial charge in [0.1, 0.15) is 5.52 Å². The molecule has 2 N–H and O–H groups in total. The van der Waals surface area contributed by atoms with E-state index in [1.165, 1.54) is 0 Å². The lowest BCUT2D eigenvalue weighted by atomic mass is 10.1. The molecule has 1 aliphatic rings. The third-order valence-electron chi connectivity index (χ3n) is 5.50. The Morgan fingerprint density at radius 2 is 1.88 bits per heavy atom. The first kappa shape index (κ1) is 21.8. The predicted octanol–water partition coefficient (Wildman–Crippen LogP) is 3.51. The Bertz CT molecular complexity index is 1310. The summed E-state index contributed by atoms with van der Waals surface area (Å²) >= 11 is 0. The fraction of sp³-hybridized carbons (Fsp3) is 0.286. The first-order valence-corrected chi connectivity index (χ1v) is 10.4. The van der Waals surface area contributed by atoms with Gasteiger partial charge in [-0.05, 0) is 42.3 Å². The minimum Gasteiger partial charge on any atom is -0.333 e. The van der Waals surface area contributed by atoms with Gasteiger partial charge in [-0.1, -0.05) is 30.3 Å². The molecule has 4 aromatic rings. The number of benzene rings is 1. The van der Waals surface area contributed by atoms with Crippen molar-refractivity contribution in [3.63, 3.8) is 0 Å². The molecule has 0 radical (unpaired) electrons. The summed E-state index contributed by atoms with van der Waals surface area (Å²) in [5.41, 5.74) is 4.76. The van der Waals surface area contributed by atoms with E-state index in [0.29, 0.717) is 17.0 Å². The molecule has 0 spiro atoms. The van der Waals surface area contributed by atoms with E-state index in [9.17, 15) is 18.0 Å². The second-order valence-corrected chi connectivity index (χ2v) is 7.63. The molecule has 0 unspecified atom stereocenters. The van der Waals surface area contributed by atoms with Crippen LogP contribution in [0.25, 0.3) is 33.8 Å². The second kappa shape index (κ2) is 8.74. The zero-order valence-corrected chi connectivity index (χ0v) is 17.5. The van der Waals surface area contributed by atoms with Crippen molar-refractivity contribution in [2.24, 2.45) is 0 Å². The van der Waals surface area contributed by atoms with Crippen LogP contribution >= 0.6 is 0 Å². The van der Waals surface area contributed by atoms with Gasteiger partial charge in [0.25, 0.3) is 0 Å². The number of hydrogen-bond acceptors (Lipinski definition) is 9. The van der Waals surface area contributed by atoms with Crippen LogP contribution in [0.2, 0.25) is 0 Å². The van der Waals surface area contributed by atoms with Gasteiger partial charge in [-0.25, -0.2) is 14.4 Å². The number of rotatable bonds is 5. The van der Waals surface area contributed by atoms with Crippen LogP contribution in [0.5, 0.6) is 0 Å². The minimum atomic E-state index is -5.18. The zero-order chi connectivity index (χ0) is 23.7. The van der Waals surface area contributed by atoms with Crippen LogP contribution in [0, 0.1) is 0 Å². The number of nitrogens with one attached hydrogen (secondary N) is 2. The van der Waals surface area contributed by atoms with E-state index in [-0.39, 0.29) is 17.6 Å². The number of pyridine rings is 1. The molecule has 1 aliphatic heterocycles. The summed E-state index contributed by atoms with van der Waals surface area (Å²) in [6.45, 7) is 1.57. The number of anilines is 1. The summed E-state index contributed by atoms with van der Waals surface area (Å²) in [7, 11) is 0. The molecule has 1 saturated heterocycles. The Labute approximate surface area is 190 Å². The number of aromatic nitrogens is 5. The number of carbonyl (C=O) groups excluding carboxylic acids is 1. The molecule has 0 amide bonds. The number of alkyl halides is 3. The Hall–Kier alpha value is -4.00. The maximum atomic E-state index is 12.6. The van der Waals surface area contributed by atoms with E-state index in [1.807, 2.05) is 46.4 Å². The number of halogens is 3. The van der Waals surface area contributed by atoms with E-state index in [1.54, 1.807) is 6.20 Å². The summed E-state index contributed by atoms with van der Waals surface area (Å²) in [5, 5.41) is 10.7. The van der Waals surface area contributed by atoms with E-state index in [4.69, 9.17) is 9.61 Å². The SMILES string of the molecule is O=C(ONc1nonc1-c1nc2c(-c3ccccc3)nccc2n1C1CCNCC1)C(F)(F)F. The van der Waals surface area contributed by atoms with Crippen molar-refractivity contribution in [1.82, 2.24) is 30.2 Å². The molecule has 0 aliphatic carbocycles. The van der Waals surface area contributed by atoms with Crippen molar-refractivity contribution in [3.8, 4) is 22.8 Å². The molecule has 5 rings (SSSR count). The number of piperidine rings is 1. The predicted molar refractivity (Wildman–Crippen MR) is 113 cm³/mol. The standard InChI is InChI=1S/C21H18F3N7O3/c22-21(23,24)20(32)33-29-18-17(28-34-30-18)19-27-16-14(31(19)13-6-9-25-10-7-13)8-11-26-15(16)12-4-2-1-3-5-12/h1-5,8,11,13,25H,6-7,9-10H2,(H,29,30). The van der Waals surface area contributed by atoms with Gasteiger partial charge in [0.05, 0.1) is 11.2 Å². The number of nitrogens with zero attached hydrogens (tertiary/aromatic N) is 5. The molecule has 0 bridgehead atoms. The maximum absolute atomic E-state index is 12.6. The summed E-state index contributed by atoms with van der Waals surface area (Å²) < 4.78 is 44.4. The van der Waals surface area contributed by atoms with Crippen molar-refractivity contribution < 1.29 is 27.4 Å². The number of fused-ring (bicyclic) bond motifs is 1. The average molecular weight is 473 g/mol. The number of imidazole rings is 1. The van der Waals surface area contributed by atoms with Crippen LogP contribution < -0.4 is 10.8 Å². The van der Waals surface area contributed by atoms with Crippen LogP contribution in [-0.4, -0.2) is 50.1 Å². The molecule has 1 aromatic carbocycles. The van der Waals surface area contributed by atoms with Crippen LogP contribution in [0.4, 0.5) is 19.0 Å². The van der Waals surface area contributed by atoms with Gasteiger partial charge in [0.2, 0.25) is 5.82 Å². The van der Waals surface area contributed by atoms with Crippen molar-refractivity contribution in [3.05, 3.63) is 42.6 Å². The van der Waals surface area contributed by atoms with Gasteiger partial charge in [-0.2, -0.15) is 18.7 Å². The maximum Gasteiger partial charge on any atom is 0.493 e. The molecule has 13 heteroatoms. The van der Waals surface area contributed by atoms with Gasteiger partial charge in [-0.15, -0.1) is 0 Å². The van der Waals surface area contributed by atoms with Gasteiger partial charge < -0.3 is 14.7 Å². The largest absolute Gasteiger partial charge is 0.493 e. The van der Waals surface area contributed by atoms with Gasteiger partial charge in [0.15, 0.2) is 11.5 Å². The number of hydrogen-bond donors (Lipinski definition) is 2. The molecule has 0 atom stereocenters. The summed E-state index contributed by atoms with van der Waals surface area (Å²) in [5.74, 6) is -2.43. The smallest absolute Gasteiger partial charge is 0.333 e. The molecule has 34 heavy (non-hydrogen) atoms. The van der Waals surface area contributed by atoms with Crippen molar-refractivity contribution in [2.75, 3.05) is 18.6 Å². The highest BCUT2D eigenvalue weighted by atomic mass is 19.4. The van der Waals surface area contributed by atoms with Crippen molar-refractivity contribution >= 4 is 22.8 Å². The molecule has 0 saturated carbocycles. The monoisotopic (exact) mass is 473 g/mol. The Kier molecular flexibility index (Phi) is 5.61. The van der Waals surface area contributed by atoms with Crippen molar-refractivity contribution in [2.45, 2.75) is 25.1 Å². The van der Waals surface area contributed by atoms with E-state index in [2.05, 4.69) is 25.5 Å². The first-order valence-electron chi connectivity index (χ1n) is 10.4.